The Bertz CT molecular complexity index is 520. The number of likely N-dealkylation sites (tertiary alicyclic amines) is 1. The van der Waals surface area contributed by atoms with Crippen molar-refractivity contribution in [2.45, 2.75) is 31.7 Å². The molecule has 2 fully saturated rings. The first kappa shape index (κ1) is 14.2. The summed E-state index contributed by atoms with van der Waals surface area (Å²) in [5, 5.41) is 22.4. The van der Waals surface area contributed by atoms with E-state index in [-0.39, 0.29) is 17.4 Å². The van der Waals surface area contributed by atoms with E-state index in [1.54, 1.807) is 6.07 Å². The molecule has 0 spiro atoms. The first-order valence-corrected chi connectivity index (χ1v) is 7.68. The molecular formula is C16H22N2O3. The lowest BCUT2D eigenvalue weighted by Gasteiger charge is -2.32. The zero-order valence-corrected chi connectivity index (χ0v) is 12.1. The number of benzene rings is 1. The normalized spacial score (nSPS) is 19.7. The van der Waals surface area contributed by atoms with Crippen molar-refractivity contribution < 1.29 is 15.0 Å². The van der Waals surface area contributed by atoms with Gasteiger partial charge in [0.25, 0.3) is 5.91 Å². The average Bonchev–Trinajstić information content (AvgIpc) is 3.32. The topological polar surface area (TPSA) is 72.8 Å². The van der Waals surface area contributed by atoms with Gasteiger partial charge in [-0.25, -0.2) is 0 Å². The Labute approximate surface area is 124 Å². The van der Waals surface area contributed by atoms with E-state index in [0.29, 0.717) is 11.6 Å². The van der Waals surface area contributed by atoms with E-state index in [1.165, 1.54) is 25.0 Å². The number of amides is 1. The number of phenols is 2. The lowest BCUT2D eigenvalue weighted by molar-refractivity contribution is 0.0704. The maximum atomic E-state index is 12.4. The van der Waals surface area contributed by atoms with Gasteiger partial charge in [0.15, 0.2) is 11.5 Å². The van der Waals surface area contributed by atoms with Crippen LogP contribution in [0.2, 0.25) is 0 Å². The average molecular weight is 290 g/mol. The summed E-state index contributed by atoms with van der Waals surface area (Å²) in [5.74, 6) is 0.354. The van der Waals surface area contributed by atoms with Gasteiger partial charge < -0.3 is 20.4 Å². The van der Waals surface area contributed by atoms with E-state index in [0.717, 1.165) is 38.4 Å². The number of nitrogens with one attached hydrogen (secondary N) is 1. The van der Waals surface area contributed by atoms with Crippen molar-refractivity contribution in [2.75, 3.05) is 19.6 Å². The molecule has 2 aliphatic rings. The summed E-state index contributed by atoms with van der Waals surface area (Å²) < 4.78 is 0. The third kappa shape index (κ3) is 3.47. The summed E-state index contributed by atoms with van der Waals surface area (Å²) in [7, 11) is 0. The zero-order valence-electron chi connectivity index (χ0n) is 12.1. The van der Waals surface area contributed by atoms with Crippen LogP contribution in [0.4, 0.5) is 0 Å². The summed E-state index contributed by atoms with van der Waals surface area (Å²) in [6, 6.07) is 4.75. The lowest BCUT2D eigenvalue weighted by atomic mass is 10.0. The second-order valence-corrected chi connectivity index (χ2v) is 6.12. The Hall–Kier alpha value is -1.75. The summed E-state index contributed by atoms with van der Waals surface area (Å²) in [5.41, 5.74) is 0.426. The van der Waals surface area contributed by atoms with Gasteiger partial charge in [-0.05, 0) is 56.3 Å². The highest BCUT2D eigenvalue weighted by Crippen LogP contribution is 2.28. The van der Waals surface area contributed by atoms with E-state index < -0.39 is 0 Å². The van der Waals surface area contributed by atoms with Gasteiger partial charge in [0.2, 0.25) is 0 Å². The second-order valence-electron chi connectivity index (χ2n) is 6.12. The predicted octanol–water partition coefficient (Wildman–Crippen LogP) is 1.70. The highest BCUT2D eigenvalue weighted by molar-refractivity contribution is 5.95. The third-order valence-corrected chi connectivity index (χ3v) is 4.40. The lowest BCUT2D eigenvalue weighted by Crippen LogP contribution is -2.45. The van der Waals surface area contributed by atoms with Crippen molar-refractivity contribution in [3.63, 3.8) is 0 Å². The Morgan fingerprint density at radius 1 is 1.14 bits per heavy atom. The van der Waals surface area contributed by atoms with Crippen LogP contribution >= 0.6 is 0 Å². The Kier molecular flexibility index (Phi) is 4.01. The van der Waals surface area contributed by atoms with Crippen molar-refractivity contribution in [1.82, 2.24) is 10.2 Å². The number of hydrogen-bond acceptors (Lipinski definition) is 4. The molecule has 1 aromatic carbocycles. The maximum Gasteiger partial charge on any atom is 0.253 e. The monoisotopic (exact) mass is 290 g/mol. The number of nitrogens with zero attached hydrogens (tertiary/aromatic N) is 1. The van der Waals surface area contributed by atoms with E-state index in [9.17, 15) is 15.0 Å². The van der Waals surface area contributed by atoms with Gasteiger partial charge in [0, 0.05) is 24.7 Å². The molecule has 1 saturated carbocycles. The van der Waals surface area contributed by atoms with Gasteiger partial charge in [-0.3, -0.25) is 4.79 Å². The van der Waals surface area contributed by atoms with Crippen LogP contribution < -0.4 is 5.32 Å². The molecule has 0 aromatic heterocycles. The van der Waals surface area contributed by atoms with E-state index in [4.69, 9.17) is 0 Å². The van der Waals surface area contributed by atoms with Crippen molar-refractivity contribution in [1.29, 1.82) is 0 Å². The van der Waals surface area contributed by atoms with Gasteiger partial charge in [-0.15, -0.1) is 0 Å². The Balaban J connectivity index is 1.52. The molecule has 1 amide bonds. The van der Waals surface area contributed by atoms with Crippen LogP contribution in [0, 0.1) is 5.92 Å². The van der Waals surface area contributed by atoms with Crippen molar-refractivity contribution >= 4 is 5.91 Å². The molecule has 0 bridgehead atoms. The fourth-order valence-electron chi connectivity index (χ4n) is 2.78. The fraction of sp³-hybridized carbons (Fsp3) is 0.562. The molecule has 1 aromatic rings. The van der Waals surface area contributed by atoms with Crippen molar-refractivity contribution in [3.05, 3.63) is 23.8 Å². The van der Waals surface area contributed by atoms with Crippen LogP contribution in [-0.4, -0.2) is 46.7 Å². The molecular weight excluding hydrogens is 268 g/mol. The SMILES string of the molecule is O=C(c1ccc(O)c(O)c1)N1CCC(NCC2CC2)CC1. The molecule has 1 aliphatic carbocycles. The number of hydrogen-bond donors (Lipinski definition) is 3. The van der Waals surface area contributed by atoms with Crippen LogP contribution in [0.3, 0.4) is 0 Å². The molecule has 1 heterocycles. The molecule has 3 rings (SSSR count). The van der Waals surface area contributed by atoms with Crippen LogP contribution in [0.5, 0.6) is 11.5 Å². The summed E-state index contributed by atoms with van der Waals surface area (Å²) in [6.45, 7) is 2.59. The first-order valence-electron chi connectivity index (χ1n) is 7.68. The molecule has 21 heavy (non-hydrogen) atoms. The number of phenolic OH excluding ortho intramolecular Hbond substituents is 2. The van der Waals surface area contributed by atoms with Gasteiger partial charge in [-0.2, -0.15) is 0 Å². The quantitative estimate of drug-likeness (QED) is 0.738. The first-order chi connectivity index (χ1) is 10.1. The molecule has 1 saturated heterocycles. The maximum absolute atomic E-state index is 12.4. The molecule has 5 nitrogen and oxygen atoms in total. The minimum absolute atomic E-state index is 0.0778. The van der Waals surface area contributed by atoms with Gasteiger partial charge in [-0.1, -0.05) is 0 Å². The van der Waals surface area contributed by atoms with Gasteiger partial charge in [0.05, 0.1) is 0 Å². The molecule has 3 N–H and O–H groups in total. The van der Waals surface area contributed by atoms with Gasteiger partial charge in [0.1, 0.15) is 0 Å². The van der Waals surface area contributed by atoms with E-state index >= 15 is 0 Å². The van der Waals surface area contributed by atoms with E-state index in [2.05, 4.69) is 5.32 Å². The standard InChI is InChI=1S/C16H22N2O3/c19-14-4-3-12(9-15(14)20)16(21)18-7-5-13(6-8-18)17-10-11-1-2-11/h3-4,9,11,13,17,19-20H,1-2,5-8,10H2. The summed E-state index contributed by atoms with van der Waals surface area (Å²) in [4.78, 5) is 14.2. The van der Waals surface area contributed by atoms with Crippen LogP contribution in [0.25, 0.3) is 0 Å². The number of rotatable bonds is 4. The number of aromatic hydroxyl groups is 2. The van der Waals surface area contributed by atoms with E-state index in [1.807, 2.05) is 4.90 Å². The van der Waals surface area contributed by atoms with Crippen molar-refractivity contribution in [3.8, 4) is 11.5 Å². The Morgan fingerprint density at radius 3 is 2.48 bits per heavy atom. The minimum atomic E-state index is -0.248. The predicted molar refractivity (Wildman–Crippen MR) is 79.4 cm³/mol. The minimum Gasteiger partial charge on any atom is -0.504 e. The summed E-state index contributed by atoms with van der Waals surface area (Å²) >= 11 is 0. The highest BCUT2D eigenvalue weighted by Gasteiger charge is 2.26. The number of carbonyl (C=O) groups is 1. The van der Waals surface area contributed by atoms with Crippen LogP contribution in [0.15, 0.2) is 18.2 Å². The highest BCUT2D eigenvalue weighted by atomic mass is 16.3. The number of carbonyl (C=O) groups excluding carboxylic acids is 1. The number of piperidine rings is 1. The fourth-order valence-corrected chi connectivity index (χ4v) is 2.78. The molecule has 5 heteroatoms. The zero-order chi connectivity index (χ0) is 14.8. The van der Waals surface area contributed by atoms with Crippen LogP contribution in [0.1, 0.15) is 36.0 Å². The molecule has 1 aliphatic heterocycles. The van der Waals surface area contributed by atoms with Crippen LogP contribution in [-0.2, 0) is 0 Å². The Morgan fingerprint density at radius 2 is 1.86 bits per heavy atom. The molecule has 0 radical (unpaired) electrons. The van der Waals surface area contributed by atoms with Gasteiger partial charge >= 0.3 is 0 Å². The molecule has 0 atom stereocenters. The second kappa shape index (κ2) is 5.93. The smallest absolute Gasteiger partial charge is 0.253 e. The largest absolute Gasteiger partial charge is 0.504 e. The van der Waals surface area contributed by atoms with Crippen molar-refractivity contribution in [2.24, 2.45) is 5.92 Å². The molecule has 114 valence electrons. The molecule has 0 unspecified atom stereocenters. The summed E-state index contributed by atoms with van der Waals surface area (Å²) in [6.07, 6.45) is 4.66. The third-order valence-electron chi connectivity index (χ3n) is 4.40.